The van der Waals surface area contributed by atoms with Crippen LogP contribution in [0.25, 0.3) is 10.9 Å². The van der Waals surface area contributed by atoms with Crippen LogP contribution in [0.5, 0.6) is 0 Å². The first kappa shape index (κ1) is 17.6. The van der Waals surface area contributed by atoms with Crippen molar-refractivity contribution in [2.24, 2.45) is 0 Å². The molecule has 1 aromatic carbocycles. The molecule has 0 aliphatic carbocycles. The van der Waals surface area contributed by atoms with E-state index in [1.165, 1.54) is 17.0 Å². The maximum atomic E-state index is 12.9. The molecule has 0 bridgehead atoms. The van der Waals surface area contributed by atoms with Crippen molar-refractivity contribution in [3.05, 3.63) is 64.4 Å². The third-order valence-electron chi connectivity index (χ3n) is 3.48. The van der Waals surface area contributed by atoms with Gasteiger partial charge in [0.2, 0.25) is 0 Å². The number of alkyl halides is 2. The summed E-state index contributed by atoms with van der Waals surface area (Å²) < 4.78 is 28.1. The molecule has 0 radical (unpaired) electrons. The number of nitrogens with zero attached hydrogens (tertiary/aromatic N) is 4. The molecule has 3 aromatic rings. The van der Waals surface area contributed by atoms with Gasteiger partial charge in [-0.1, -0.05) is 29.4 Å². The Morgan fingerprint density at radius 3 is 2.92 bits per heavy atom. The summed E-state index contributed by atoms with van der Waals surface area (Å²) in [5.74, 6) is 0.345. The lowest BCUT2D eigenvalue weighted by Gasteiger charge is -2.12. The number of fused-ring (bicyclic) bond motifs is 1. The van der Waals surface area contributed by atoms with Gasteiger partial charge >= 0.3 is 6.55 Å². The highest BCUT2D eigenvalue weighted by Gasteiger charge is 2.15. The minimum atomic E-state index is -2.67. The Kier molecular flexibility index (Phi) is 5.19. The van der Waals surface area contributed by atoms with E-state index in [1.54, 1.807) is 24.3 Å². The molecule has 0 unspecified atom stereocenters. The quantitative estimate of drug-likeness (QED) is 0.365. The van der Waals surface area contributed by atoms with Crippen LogP contribution >= 0.6 is 23.4 Å². The smallest absolute Gasteiger partial charge is 0.283 e. The lowest BCUT2D eigenvalue weighted by molar-refractivity contribution is 0.0678. The molecule has 0 aliphatic heterocycles. The van der Waals surface area contributed by atoms with Crippen LogP contribution in [0, 0.1) is 0 Å². The first-order valence-electron chi connectivity index (χ1n) is 7.25. The Labute approximate surface area is 151 Å². The van der Waals surface area contributed by atoms with Crippen LogP contribution in [0.2, 0.25) is 5.02 Å². The predicted molar refractivity (Wildman–Crippen MR) is 94.3 cm³/mol. The van der Waals surface area contributed by atoms with Crippen molar-refractivity contribution in [2.75, 3.05) is 0 Å². The van der Waals surface area contributed by atoms with Crippen molar-refractivity contribution in [1.29, 1.82) is 0 Å². The van der Waals surface area contributed by atoms with E-state index in [0.717, 1.165) is 16.3 Å². The second-order valence-electron chi connectivity index (χ2n) is 5.08. The minimum Gasteiger partial charge on any atom is -0.283 e. The molecule has 0 aliphatic rings. The Morgan fingerprint density at radius 1 is 1.40 bits per heavy atom. The Bertz CT molecular complexity index is 986. The minimum absolute atomic E-state index is 0.146. The van der Waals surface area contributed by atoms with Crippen molar-refractivity contribution in [3.63, 3.8) is 0 Å². The molecule has 0 fully saturated rings. The predicted octanol–water partition coefficient (Wildman–Crippen LogP) is 4.12. The van der Waals surface area contributed by atoms with Crippen LogP contribution in [0.15, 0.2) is 53.2 Å². The molecule has 0 N–H and O–H groups in total. The maximum absolute atomic E-state index is 12.9. The number of imidazole rings is 1. The monoisotopic (exact) mass is 382 g/mol. The molecule has 0 saturated carbocycles. The molecule has 0 saturated heterocycles. The summed E-state index contributed by atoms with van der Waals surface area (Å²) in [7, 11) is 0. The number of hydrogen-bond donors (Lipinski definition) is 0. The fraction of sp³-hybridized carbons (Fsp3) is 0.188. The van der Waals surface area contributed by atoms with Crippen molar-refractivity contribution in [1.82, 2.24) is 19.1 Å². The van der Waals surface area contributed by atoms with Gasteiger partial charge in [0, 0.05) is 24.0 Å². The number of allylic oxidation sites excluding steroid dienone is 1. The number of halogens is 3. The van der Waals surface area contributed by atoms with Crippen LogP contribution in [0.3, 0.4) is 0 Å². The van der Waals surface area contributed by atoms with Crippen molar-refractivity contribution >= 4 is 34.3 Å². The summed E-state index contributed by atoms with van der Waals surface area (Å²) in [6, 6.07) is 4.84. The molecule has 0 spiro atoms. The van der Waals surface area contributed by atoms with Gasteiger partial charge in [-0.3, -0.25) is 13.9 Å². The van der Waals surface area contributed by atoms with Gasteiger partial charge in [-0.25, -0.2) is 9.97 Å². The highest BCUT2D eigenvalue weighted by atomic mass is 35.5. The van der Waals surface area contributed by atoms with Gasteiger partial charge in [0.05, 0.1) is 16.7 Å². The SMILES string of the molecule is C=CCn1c(SCc2nccn2C(F)F)nc2cc(Cl)ccc2c1=O. The second-order valence-corrected chi connectivity index (χ2v) is 6.46. The molecular weight excluding hydrogens is 370 g/mol. The zero-order valence-corrected chi connectivity index (χ0v) is 14.5. The topological polar surface area (TPSA) is 52.7 Å². The zero-order chi connectivity index (χ0) is 18.0. The average Bonchev–Trinajstić information content (AvgIpc) is 3.04. The van der Waals surface area contributed by atoms with E-state index in [-0.39, 0.29) is 23.7 Å². The molecule has 25 heavy (non-hydrogen) atoms. The van der Waals surface area contributed by atoms with Gasteiger partial charge in [0.25, 0.3) is 5.56 Å². The molecular formula is C16H13ClF2N4OS. The van der Waals surface area contributed by atoms with Gasteiger partial charge in [-0.2, -0.15) is 8.78 Å². The number of hydrogen-bond acceptors (Lipinski definition) is 4. The fourth-order valence-corrected chi connectivity index (χ4v) is 3.46. The highest BCUT2D eigenvalue weighted by Crippen LogP contribution is 2.24. The van der Waals surface area contributed by atoms with Crippen molar-refractivity contribution in [2.45, 2.75) is 24.0 Å². The summed E-state index contributed by atoms with van der Waals surface area (Å²) in [4.78, 5) is 21.1. The normalized spacial score (nSPS) is 11.4. The van der Waals surface area contributed by atoms with Crippen LogP contribution in [0.4, 0.5) is 8.78 Å². The first-order chi connectivity index (χ1) is 12.0. The molecule has 0 atom stereocenters. The van der Waals surface area contributed by atoms with Gasteiger partial charge < -0.3 is 0 Å². The van der Waals surface area contributed by atoms with Crippen molar-refractivity contribution in [3.8, 4) is 0 Å². The summed E-state index contributed by atoms with van der Waals surface area (Å²) in [5.41, 5.74) is 0.221. The summed E-state index contributed by atoms with van der Waals surface area (Å²) in [6.07, 6.45) is 4.10. The molecule has 2 aromatic heterocycles. The summed E-state index contributed by atoms with van der Waals surface area (Å²) >= 11 is 7.13. The van der Waals surface area contributed by atoms with Crippen molar-refractivity contribution < 1.29 is 8.78 Å². The van der Waals surface area contributed by atoms with E-state index in [1.807, 2.05) is 0 Å². The van der Waals surface area contributed by atoms with E-state index in [4.69, 9.17) is 11.6 Å². The first-order valence-corrected chi connectivity index (χ1v) is 8.61. The number of rotatable bonds is 6. The highest BCUT2D eigenvalue weighted by molar-refractivity contribution is 7.98. The average molecular weight is 383 g/mol. The number of benzene rings is 1. The van der Waals surface area contributed by atoms with E-state index >= 15 is 0 Å². The third-order valence-corrected chi connectivity index (χ3v) is 4.69. The number of aromatic nitrogens is 4. The van der Waals surface area contributed by atoms with Gasteiger partial charge in [-0.15, -0.1) is 6.58 Å². The zero-order valence-electron chi connectivity index (χ0n) is 12.9. The largest absolute Gasteiger partial charge is 0.319 e. The molecule has 130 valence electrons. The van der Waals surface area contributed by atoms with E-state index in [0.29, 0.717) is 21.1 Å². The third kappa shape index (κ3) is 3.59. The lowest BCUT2D eigenvalue weighted by Crippen LogP contribution is -2.22. The van der Waals surface area contributed by atoms with Gasteiger partial charge in [0.15, 0.2) is 5.16 Å². The van der Waals surface area contributed by atoms with Gasteiger partial charge in [-0.05, 0) is 18.2 Å². The standard InChI is InChI=1S/C16H13ClF2N4OS/c1-2-6-23-14(24)11-4-3-10(17)8-12(11)21-16(23)25-9-13-20-5-7-22(13)15(18)19/h2-5,7-8,15H,1,6,9H2. The molecule has 9 heteroatoms. The van der Waals surface area contributed by atoms with E-state index in [2.05, 4.69) is 16.5 Å². The Hall–Kier alpha value is -2.19. The second kappa shape index (κ2) is 7.37. The van der Waals surface area contributed by atoms with E-state index in [9.17, 15) is 13.6 Å². The maximum Gasteiger partial charge on any atom is 0.319 e. The summed E-state index contributed by atoms with van der Waals surface area (Å²) in [6.45, 7) is 1.24. The van der Waals surface area contributed by atoms with Crippen LogP contribution in [0.1, 0.15) is 12.4 Å². The molecule has 3 rings (SSSR count). The fourth-order valence-electron chi connectivity index (χ4n) is 2.34. The van der Waals surface area contributed by atoms with Crippen LogP contribution in [-0.4, -0.2) is 19.1 Å². The van der Waals surface area contributed by atoms with Crippen LogP contribution in [-0.2, 0) is 12.3 Å². The number of thioether (sulfide) groups is 1. The Balaban J connectivity index is 2.01. The van der Waals surface area contributed by atoms with Crippen LogP contribution < -0.4 is 5.56 Å². The summed E-state index contributed by atoms with van der Waals surface area (Å²) in [5, 5.41) is 1.29. The molecule has 0 amide bonds. The van der Waals surface area contributed by atoms with E-state index < -0.39 is 6.55 Å². The van der Waals surface area contributed by atoms with Gasteiger partial charge in [0.1, 0.15) is 5.82 Å². The lowest BCUT2D eigenvalue weighted by atomic mass is 10.2. The Morgan fingerprint density at radius 2 is 2.20 bits per heavy atom. The molecule has 2 heterocycles. The molecule has 5 nitrogen and oxygen atoms in total.